The average Bonchev–Trinajstić information content (AvgIpc) is 3.20. The molecule has 5 nitrogen and oxygen atoms in total. The molecule has 3 aromatic rings. The Bertz CT molecular complexity index is 888. The fourth-order valence-electron chi connectivity index (χ4n) is 2.21. The summed E-state index contributed by atoms with van der Waals surface area (Å²) in [4.78, 5) is 5.17. The average molecular weight is 366 g/mol. The van der Waals surface area contributed by atoms with Crippen LogP contribution in [0.1, 0.15) is 17.9 Å². The number of halogens is 1. The summed E-state index contributed by atoms with van der Waals surface area (Å²) in [6.45, 7) is 0. The van der Waals surface area contributed by atoms with Crippen LogP contribution in [0.3, 0.4) is 0 Å². The van der Waals surface area contributed by atoms with Gasteiger partial charge in [0, 0.05) is 6.42 Å². The van der Waals surface area contributed by atoms with Crippen LogP contribution in [0.4, 0.5) is 4.39 Å². The van der Waals surface area contributed by atoms with Gasteiger partial charge in [0.1, 0.15) is 5.82 Å². The number of thiophene rings is 1. The third kappa shape index (κ3) is 4.48. The highest BCUT2D eigenvalue weighted by atomic mass is 32.2. The van der Waals surface area contributed by atoms with E-state index < -0.39 is 9.84 Å². The number of sulfone groups is 1. The Morgan fingerprint density at radius 2 is 1.96 bits per heavy atom. The van der Waals surface area contributed by atoms with Gasteiger partial charge in [-0.05, 0) is 35.6 Å². The van der Waals surface area contributed by atoms with Crippen LogP contribution < -0.4 is 0 Å². The number of rotatable bonds is 7. The monoisotopic (exact) mass is 366 g/mol. The van der Waals surface area contributed by atoms with Gasteiger partial charge in [-0.3, -0.25) is 0 Å². The molecule has 0 saturated carbocycles. The van der Waals surface area contributed by atoms with Gasteiger partial charge >= 0.3 is 0 Å². The minimum Gasteiger partial charge on any atom is -0.339 e. The van der Waals surface area contributed by atoms with E-state index in [1.807, 2.05) is 17.5 Å². The highest BCUT2D eigenvalue weighted by Gasteiger charge is 2.14. The van der Waals surface area contributed by atoms with Crippen molar-refractivity contribution in [2.24, 2.45) is 0 Å². The Labute approximate surface area is 143 Å². The minimum atomic E-state index is -3.26. The van der Waals surface area contributed by atoms with E-state index in [-0.39, 0.29) is 17.3 Å². The number of nitrogens with zero attached hydrogens (tertiary/aromatic N) is 2. The number of hydrogen-bond acceptors (Lipinski definition) is 6. The maximum absolute atomic E-state index is 12.8. The predicted molar refractivity (Wildman–Crippen MR) is 89.8 cm³/mol. The third-order valence-electron chi connectivity index (χ3n) is 3.36. The first-order chi connectivity index (χ1) is 11.5. The van der Waals surface area contributed by atoms with E-state index in [1.165, 1.54) is 35.6 Å². The second-order valence-electron chi connectivity index (χ2n) is 5.31. The van der Waals surface area contributed by atoms with Gasteiger partial charge in [-0.1, -0.05) is 23.4 Å². The smallest absolute Gasteiger partial charge is 0.227 e. The summed E-state index contributed by atoms with van der Waals surface area (Å²) in [7, 11) is -3.26. The molecular weight excluding hydrogens is 351 g/mol. The molecule has 0 spiro atoms. The molecule has 8 heteroatoms. The molecule has 0 radical (unpaired) electrons. The lowest BCUT2D eigenvalue weighted by molar-refractivity contribution is 0.378. The maximum Gasteiger partial charge on any atom is 0.227 e. The molecule has 126 valence electrons. The van der Waals surface area contributed by atoms with Crippen molar-refractivity contribution >= 4 is 21.2 Å². The molecule has 0 aliphatic heterocycles. The number of aromatic nitrogens is 2. The minimum absolute atomic E-state index is 0.0150. The molecule has 0 unspecified atom stereocenters. The van der Waals surface area contributed by atoms with E-state index in [1.54, 1.807) is 0 Å². The Balaban J connectivity index is 1.53. The summed E-state index contributed by atoms with van der Waals surface area (Å²) < 4.78 is 42.2. The van der Waals surface area contributed by atoms with Gasteiger partial charge in [0.15, 0.2) is 9.84 Å². The first kappa shape index (κ1) is 16.8. The van der Waals surface area contributed by atoms with Crippen molar-refractivity contribution in [3.8, 4) is 10.7 Å². The van der Waals surface area contributed by atoms with E-state index in [0.29, 0.717) is 30.1 Å². The summed E-state index contributed by atoms with van der Waals surface area (Å²) >= 11 is 1.51. The van der Waals surface area contributed by atoms with Crippen molar-refractivity contribution in [3.63, 3.8) is 0 Å². The molecule has 0 aliphatic rings. The van der Waals surface area contributed by atoms with Crippen molar-refractivity contribution < 1.29 is 17.3 Å². The van der Waals surface area contributed by atoms with E-state index >= 15 is 0 Å². The molecule has 1 aromatic carbocycles. The molecule has 2 heterocycles. The fraction of sp³-hybridized carbons (Fsp3) is 0.250. The van der Waals surface area contributed by atoms with Crippen LogP contribution >= 0.6 is 11.3 Å². The standard InChI is InChI=1S/C16H15FN2O3S2/c17-13-7-5-12(6-8-13)11-24(20,21)10-2-4-15-18-16(19-22-15)14-3-1-9-23-14/h1,3,5-9H,2,4,10-11H2. The van der Waals surface area contributed by atoms with Crippen molar-refractivity contribution in [1.29, 1.82) is 0 Å². The lowest BCUT2D eigenvalue weighted by atomic mass is 10.2. The molecule has 0 aliphatic carbocycles. The van der Waals surface area contributed by atoms with Gasteiger partial charge in [-0.15, -0.1) is 11.3 Å². The topological polar surface area (TPSA) is 73.1 Å². The second kappa shape index (κ2) is 7.23. The Morgan fingerprint density at radius 1 is 1.17 bits per heavy atom. The van der Waals surface area contributed by atoms with Crippen LogP contribution in [0, 0.1) is 5.82 Å². The normalized spacial score (nSPS) is 11.7. The summed E-state index contributed by atoms with van der Waals surface area (Å²) in [5.41, 5.74) is 0.578. The van der Waals surface area contributed by atoms with Gasteiger partial charge in [0.2, 0.25) is 11.7 Å². The van der Waals surface area contributed by atoms with E-state index in [2.05, 4.69) is 10.1 Å². The quantitative estimate of drug-likeness (QED) is 0.640. The summed E-state index contributed by atoms with van der Waals surface area (Å²) in [6, 6.07) is 9.28. The van der Waals surface area contributed by atoms with Crippen LogP contribution in [0.2, 0.25) is 0 Å². The number of aryl methyl sites for hydroxylation is 1. The van der Waals surface area contributed by atoms with Crippen LogP contribution in [-0.2, 0) is 22.0 Å². The molecule has 0 N–H and O–H groups in total. The van der Waals surface area contributed by atoms with Crippen LogP contribution in [0.15, 0.2) is 46.3 Å². The third-order valence-corrected chi connectivity index (χ3v) is 5.91. The molecule has 0 saturated heterocycles. The number of benzene rings is 1. The molecular formula is C16H15FN2O3S2. The Hall–Kier alpha value is -2.06. The molecule has 2 aromatic heterocycles. The van der Waals surface area contributed by atoms with Gasteiger partial charge in [-0.25, -0.2) is 12.8 Å². The molecule has 0 fully saturated rings. The van der Waals surface area contributed by atoms with E-state index in [0.717, 1.165) is 4.88 Å². The van der Waals surface area contributed by atoms with Crippen LogP contribution in [-0.4, -0.2) is 24.3 Å². The lowest BCUT2D eigenvalue weighted by Gasteiger charge is -2.03. The zero-order valence-electron chi connectivity index (χ0n) is 12.7. The molecule has 0 atom stereocenters. The molecule has 0 bridgehead atoms. The van der Waals surface area contributed by atoms with Crippen LogP contribution in [0.25, 0.3) is 10.7 Å². The highest BCUT2D eigenvalue weighted by Crippen LogP contribution is 2.21. The number of hydrogen-bond donors (Lipinski definition) is 0. The van der Waals surface area contributed by atoms with Gasteiger partial charge in [-0.2, -0.15) is 4.98 Å². The van der Waals surface area contributed by atoms with E-state index in [9.17, 15) is 12.8 Å². The summed E-state index contributed by atoms with van der Waals surface area (Å²) in [5.74, 6) is 0.484. The first-order valence-corrected chi connectivity index (χ1v) is 10.0. The Morgan fingerprint density at radius 3 is 2.67 bits per heavy atom. The summed E-state index contributed by atoms with van der Waals surface area (Å²) in [6.07, 6.45) is 0.802. The predicted octanol–water partition coefficient (Wildman–Crippen LogP) is 3.48. The van der Waals surface area contributed by atoms with Gasteiger partial charge in [0.05, 0.1) is 16.4 Å². The SMILES string of the molecule is O=S(=O)(CCCc1nc(-c2cccs2)no1)Cc1ccc(F)cc1. The zero-order valence-corrected chi connectivity index (χ0v) is 14.3. The largest absolute Gasteiger partial charge is 0.339 e. The van der Waals surface area contributed by atoms with Crippen LogP contribution in [0.5, 0.6) is 0 Å². The maximum atomic E-state index is 12.8. The second-order valence-corrected chi connectivity index (χ2v) is 8.44. The lowest BCUT2D eigenvalue weighted by Crippen LogP contribution is -2.10. The molecule has 0 amide bonds. The molecule has 24 heavy (non-hydrogen) atoms. The fourth-order valence-corrected chi connectivity index (χ4v) is 4.29. The van der Waals surface area contributed by atoms with Crippen molar-refractivity contribution in [3.05, 3.63) is 59.0 Å². The van der Waals surface area contributed by atoms with Crippen molar-refractivity contribution in [2.45, 2.75) is 18.6 Å². The summed E-state index contributed by atoms with van der Waals surface area (Å²) in [5, 5.41) is 5.81. The van der Waals surface area contributed by atoms with E-state index in [4.69, 9.17) is 4.52 Å². The van der Waals surface area contributed by atoms with Gasteiger partial charge in [0.25, 0.3) is 0 Å². The zero-order chi connectivity index (χ0) is 17.0. The highest BCUT2D eigenvalue weighted by molar-refractivity contribution is 7.90. The van der Waals surface area contributed by atoms with Crippen molar-refractivity contribution in [1.82, 2.24) is 10.1 Å². The van der Waals surface area contributed by atoms with Crippen molar-refractivity contribution in [2.75, 3.05) is 5.75 Å². The van der Waals surface area contributed by atoms with Gasteiger partial charge < -0.3 is 4.52 Å². The Kier molecular flexibility index (Phi) is 5.06. The molecule has 3 rings (SSSR count). The first-order valence-electron chi connectivity index (χ1n) is 7.33.